The number of aliphatic imine (C=N–C) groups is 1. The molecule has 14 nitrogen and oxygen atoms in total. The van der Waals surface area contributed by atoms with Gasteiger partial charge in [0.05, 0.1) is 33.4 Å². The summed E-state index contributed by atoms with van der Waals surface area (Å²) in [4.78, 5) is 77.1. The molecule has 59 heavy (non-hydrogen) atoms. The first kappa shape index (κ1) is 40.3. The number of piperidine rings is 1. The Kier molecular flexibility index (Phi) is 12.1. The Bertz CT molecular complexity index is 2150. The van der Waals surface area contributed by atoms with E-state index in [2.05, 4.69) is 37.5 Å². The third kappa shape index (κ3) is 9.06. The van der Waals surface area contributed by atoms with Crippen molar-refractivity contribution in [2.24, 2.45) is 10.9 Å². The van der Waals surface area contributed by atoms with Crippen LogP contribution in [-0.2, 0) is 14.4 Å². The van der Waals surface area contributed by atoms with E-state index < -0.39 is 29.7 Å². The van der Waals surface area contributed by atoms with Crippen LogP contribution in [0.4, 0.5) is 5.69 Å². The van der Waals surface area contributed by atoms with Gasteiger partial charge in [-0.3, -0.25) is 39.1 Å². The third-order valence-electron chi connectivity index (χ3n) is 12.4. The molecular weight excluding hydrogens is 772 g/mol. The van der Waals surface area contributed by atoms with E-state index in [1.54, 1.807) is 36.5 Å². The van der Waals surface area contributed by atoms with Gasteiger partial charge in [0.15, 0.2) is 0 Å². The van der Waals surface area contributed by atoms with Crippen LogP contribution in [0.15, 0.2) is 65.3 Å². The van der Waals surface area contributed by atoms with Gasteiger partial charge in [-0.1, -0.05) is 23.8 Å². The van der Waals surface area contributed by atoms with Gasteiger partial charge in [0.1, 0.15) is 23.7 Å². The maximum atomic E-state index is 13.5. The lowest BCUT2D eigenvalue weighted by molar-refractivity contribution is -0.136. The number of amides is 5. The number of nitriles is 1. The van der Waals surface area contributed by atoms with E-state index in [-0.39, 0.29) is 36.5 Å². The number of piperazine rings is 1. The zero-order chi connectivity index (χ0) is 41.0. The average molecular weight is 821 g/mol. The maximum absolute atomic E-state index is 13.5. The van der Waals surface area contributed by atoms with E-state index in [1.165, 1.54) is 0 Å². The van der Waals surface area contributed by atoms with Crippen LogP contribution >= 0.6 is 11.6 Å². The van der Waals surface area contributed by atoms with Crippen molar-refractivity contribution >= 4 is 52.7 Å². The molecule has 2 atom stereocenters. The standard InChI is InChI=1S/C44H49ClN8O6/c45-37-23-34(10-6-29(37)24-46)59-33-11-7-31(8-12-33)48-41(55)30-4-2-1-3-5-39(47-25-30)52-17-16-28(27-52)26-50-18-20-51(21-19-50)32-9-13-35-36(22-32)44(58)53(43(35)57)38-14-15-40(54)49-42(38)56/h2,4,6,9-10,13,22-23,25,28,31,33,38H,1,3,5,7-8,11-12,14-21,26-27H2,(H,48,55)(H,49,54,56)/t28-,31?,33?,38?/m0/s1. The molecule has 8 rings (SSSR count). The minimum absolute atomic E-state index is 0.0257. The molecule has 6 aliphatic rings. The van der Waals surface area contributed by atoms with Crippen molar-refractivity contribution < 1.29 is 28.7 Å². The van der Waals surface area contributed by atoms with Crippen molar-refractivity contribution in [2.75, 3.05) is 50.7 Å². The van der Waals surface area contributed by atoms with Crippen molar-refractivity contribution in [1.29, 1.82) is 5.26 Å². The summed E-state index contributed by atoms with van der Waals surface area (Å²) in [6.07, 6.45) is 12.9. The smallest absolute Gasteiger partial charge is 0.262 e. The van der Waals surface area contributed by atoms with E-state index in [9.17, 15) is 24.0 Å². The van der Waals surface area contributed by atoms with Crippen molar-refractivity contribution in [3.63, 3.8) is 0 Å². The number of halogens is 1. The largest absolute Gasteiger partial charge is 0.490 e. The normalized spacial score (nSPS) is 25.3. The van der Waals surface area contributed by atoms with Crippen LogP contribution < -0.4 is 20.3 Å². The molecule has 1 aliphatic carbocycles. The number of rotatable bonds is 8. The van der Waals surface area contributed by atoms with Crippen LogP contribution in [0.2, 0.25) is 5.02 Å². The number of carbonyl (C=O) groups excluding carboxylic acids is 5. The number of ether oxygens (including phenoxy) is 1. The van der Waals surface area contributed by atoms with Gasteiger partial charge in [-0.05, 0) is 87.6 Å². The summed E-state index contributed by atoms with van der Waals surface area (Å²) in [7, 11) is 0. The van der Waals surface area contributed by atoms with Crippen LogP contribution in [0.25, 0.3) is 0 Å². The molecule has 5 aliphatic heterocycles. The van der Waals surface area contributed by atoms with Crippen LogP contribution in [0.1, 0.15) is 90.5 Å². The quantitative estimate of drug-likeness (QED) is 0.360. The summed E-state index contributed by atoms with van der Waals surface area (Å²) in [5.41, 5.74) is 2.45. The van der Waals surface area contributed by atoms with E-state index in [0.29, 0.717) is 33.4 Å². The Balaban J connectivity index is 0.803. The molecule has 0 aromatic heterocycles. The third-order valence-corrected chi connectivity index (χ3v) is 12.7. The molecular formula is C44H49ClN8O6. The zero-order valence-electron chi connectivity index (χ0n) is 33.0. The molecule has 5 heterocycles. The lowest BCUT2D eigenvalue weighted by Crippen LogP contribution is -2.54. The van der Waals surface area contributed by atoms with E-state index in [1.807, 2.05) is 12.1 Å². The van der Waals surface area contributed by atoms with Crippen molar-refractivity contribution in [1.82, 2.24) is 25.3 Å². The first-order valence-electron chi connectivity index (χ1n) is 20.8. The van der Waals surface area contributed by atoms with Crippen LogP contribution in [0.5, 0.6) is 5.75 Å². The lowest BCUT2D eigenvalue weighted by atomic mass is 9.92. The maximum Gasteiger partial charge on any atom is 0.262 e. The number of amidine groups is 1. The molecule has 1 saturated carbocycles. The molecule has 1 unspecified atom stereocenters. The predicted molar refractivity (Wildman–Crippen MR) is 221 cm³/mol. The Morgan fingerprint density at radius 3 is 2.47 bits per heavy atom. The molecule has 0 radical (unpaired) electrons. The van der Waals surface area contributed by atoms with E-state index >= 15 is 0 Å². The van der Waals surface area contributed by atoms with Crippen LogP contribution in [0.3, 0.4) is 0 Å². The van der Waals surface area contributed by atoms with Crippen molar-refractivity contribution in [3.8, 4) is 11.8 Å². The van der Waals surface area contributed by atoms with Gasteiger partial charge in [-0.2, -0.15) is 5.26 Å². The lowest BCUT2D eigenvalue weighted by Gasteiger charge is -2.37. The second-order valence-electron chi connectivity index (χ2n) is 16.3. The summed E-state index contributed by atoms with van der Waals surface area (Å²) in [6.45, 7) is 6.15. The zero-order valence-corrected chi connectivity index (χ0v) is 33.8. The Morgan fingerprint density at radius 2 is 1.71 bits per heavy atom. The number of hydrogen-bond acceptors (Lipinski definition) is 11. The SMILES string of the molecule is N#Cc1ccc(OC2CCC(NC(=O)C3=CN=C(N4CC[C@@H](CN5CCN(c6ccc7c(c6)C(=O)N(C6CCC(=O)NC6=O)C7=O)CC5)C4)CCCC=C3)CC2)cc1Cl. The number of allylic oxidation sites excluding steroid dienone is 1. The van der Waals surface area contributed by atoms with Gasteiger partial charge in [-0.25, -0.2) is 4.99 Å². The topological polar surface area (TPSA) is 168 Å². The van der Waals surface area contributed by atoms with Crippen LogP contribution in [-0.4, -0.2) is 114 Å². The summed E-state index contributed by atoms with van der Waals surface area (Å²) >= 11 is 6.18. The Morgan fingerprint density at radius 1 is 0.915 bits per heavy atom. The van der Waals surface area contributed by atoms with Gasteiger partial charge in [0.2, 0.25) is 11.8 Å². The monoisotopic (exact) mass is 820 g/mol. The number of benzene rings is 2. The van der Waals surface area contributed by atoms with E-state index in [0.717, 1.165) is 114 Å². The number of fused-ring (bicyclic) bond motifs is 1. The summed E-state index contributed by atoms with van der Waals surface area (Å²) in [5.74, 6) is 0.0823. The molecule has 2 N–H and O–H groups in total. The average Bonchev–Trinajstić information content (AvgIpc) is 3.83. The highest BCUT2D eigenvalue weighted by molar-refractivity contribution is 6.31. The summed E-state index contributed by atoms with van der Waals surface area (Å²) in [6, 6.07) is 11.6. The number of likely N-dealkylation sites (tertiary alicyclic amines) is 1. The molecule has 0 bridgehead atoms. The van der Waals surface area contributed by atoms with Gasteiger partial charge in [-0.15, -0.1) is 0 Å². The fourth-order valence-corrected chi connectivity index (χ4v) is 9.30. The minimum Gasteiger partial charge on any atom is -0.490 e. The van der Waals surface area contributed by atoms with Crippen molar-refractivity contribution in [3.05, 3.63) is 82.0 Å². The fourth-order valence-electron chi connectivity index (χ4n) is 9.09. The first-order valence-corrected chi connectivity index (χ1v) is 21.2. The highest BCUT2D eigenvalue weighted by Crippen LogP contribution is 2.32. The molecule has 4 fully saturated rings. The molecule has 15 heteroatoms. The predicted octanol–water partition coefficient (Wildman–Crippen LogP) is 4.59. The number of nitrogens with one attached hydrogen (secondary N) is 2. The number of imide groups is 2. The molecule has 2 aromatic rings. The molecule has 3 saturated heterocycles. The van der Waals surface area contributed by atoms with Gasteiger partial charge in [0, 0.05) is 82.7 Å². The summed E-state index contributed by atoms with van der Waals surface area (Å²) in [5, 5.41) is 15.0. The van der Waals surface area contributed by atoms with Gasteiger partial charge < -0.3 is 19.9 Å². The second kappa shape index (κ2) is 17.8. The van der Waals surface area contributed by atoms with Gasteiger partial charge >= 0.3 is 0 Å². The van der Waals surface area contributed by atoms with Crippen LogP contribution in [0, 0.1) is 17.2 Å². The van der Waals surface area contributed by atoms with E-state index in [4.69, 9.17) is 26.6 Å². The molecule has 5 amide bonds. The highest BCUT2D eigenvalue weighted by Gasteiger charge is 2.45. The second-order valence-corrected chi connectivity index (χ2v) is 16.7. The number of nitrogens with zero attached hydrogens (tertiary/aromatic N) is 6. The fraction of sp³-hybridized carbons (Fsp3) is 0.477. The number of anilines is 1. The Hall–Kier alpha value is -5.52. The number of hydrogen-bond donors (Lipinski definition) is 2. The van der Waals surface area contributed by atoms with Gasteiger partial charge in [0.25, 0.3) is 17.7 Å². The minimum atomic E-state index is -0.979. The molecule has 0 spiro atoms. The summed E-state index contributed by atoms with van der Waals surface area (Å²) < 4.78 is 6.13. The highest BCUT2D eigenvalue weighted by atomic mass is 35.5. The Labute approximate surface area is 348 Å². The van der Waals surface area contributed by atoms with Crippen molar-refractivity contribution in [2.45, 2.75) is 82.4 Å². The number of carbonyl (C=O) groups is 5. The molecule has 2 aromatic carbocycles. The molecule has 308 valence electrons. The first-order chi connectivity index (χ1) is 28.6.